The molecular formula is C25H27NO7. The summed E-state index contributed by atoms with van der Waals surface area (Å²) >= 11 is 0. The van der Waals surface area contributed by atoms with E-state index in [0.717, 1.165) is 11.1 Å². The molecule has 2 aromatic rings. The molecule has 0 N–H and O–H groups in total. The molecule has 0 radical (unpaired) electrons. The van der Waals surface area contributed by atoms with E-state index in [1.54, 1.807) is 12.1 Å². The van der Waals surface area contributed by atoms with Crippen LogP contribution in [0, 0.1) is 10.1 Å². The van der Waals surface area contributed by atoms with Crippen LogP contribution in [-0.2, 0) is 23.7 Å². The number of hydrogen-bond acceptors (Lipinski definition) is 7. The third kappa shape index (κ3) is 4.15. The molecule has 5 rings (SSSR count). The fourth-order valence-electron chi connectivity index (χ4n) is 4.71. The van der Waals surface area contributed by atoms with Crippen LogP contribution in [-0.4, -0.2) is 47.5 Å². The largest absolute Gasteiger partial charge is 0.486 e. The van der Waals surface area contributed by atoms with Crippen molar-refractivity contribution in [2.24, 2.45) is 0 Å². The first kappa shape index (κ1) is 22.0. The van der Waals surface area contributed by atoms with Crippen LogP contribution >= 0.6 is 0 Å². The van der Waals surface area contributed by atoms with Gasteiger partial charge in [0.25, 0.3) is 5.69 Å². The van der Waals surface area contributed by atoms with Crippen molar-refractivity contribution in [1.82, 2.24) is 0 Å². The number of rotatable bonds is 4. The first-order chi connectivity index (χ1) is 15.6. The Morgan fingerprint density at radius 1 is 0.909 bits per heavy atom. The second kappa shape index (κ2) is 7.92. The predicted octanol–water partition coefficient (Wildman–Crippen LogP) is 4.42. The molecule has 0 aliphatic carbocycles. The molecule has 2 aromatic carbocycles. The smallest absolute Gasteiger partial charge is 0.270 e. The lowest BCUT2D eigenvalue weighted by molar-refractivity contribution is -0.384. The molecule has 0 unspecified atom stereocenters. The SMILES string of the molecule is CC1(C)OC[C@H]([C@@H]2O/C(=C(\c3ccccc3)c3cccc([N+](=O)[O-])c3)[C@@H]3OC(C)(C)O[C@H]23)O1. The molecule has 3 fully saturated rings. The van der Waals surface area contributed by atoms with Gasteiger partial charge in [0.2, 0.25) is 0 Å². The van der Waals surface area contributed by atoms with E-state index in [0.29, 0.717) is 17.9 Å². The Morgan fingerprint density at radius 2 is 1.64 bits per heavy atom. The molecular weight excluding hydrogens is 426 g/mol. The van der Waals surface area contributed by atoms with Crippen LogP contribution in [0.2, 0.25) is 0 Å². The number of nitro benzene ring substituents is 1. The Kier molecular flexibility index (Phi) is 5.29. The lowest BCUT2D eigenvalue weighted by Crippen LogP contribution is -2.40. The van der Waals surface area contributed by atoms with Crippen molar-refractivity contribution in [2.45, 2.75) is 63.7 Å². The summed E-state index contributed by atoms with van der Waals surface area (Å²) in [5.74, 6) is -0.953. The Hall–Kier alpha value is -2.78. The predicted molar refractivity (Wildman–Crippen MR) is 119 cm³/mol. The standard InChI is InChI=1S/C25H27NO7/c1-24(2)29-14-18(31-24)20-22-23(33-25(3,4)32-22)21(30-20)19(15-9-6-5-7-10-15)16-11-8-12-17(13-16)26(27)28/h5-13,18,20,22-23H,14H2,1-4H3/b21-19+/t18-,20+,22-,23+/m1/s1. The molecule has 3 aliphatic rings. The summed E-state index contributed by atoms with van der Waals surface area (Å²) in [6, 6.07) is 16.2. The number of ether oxygens (including phenoxy) is 5. The van der Waals surface area contributed by atoms with Gasteiger partial charge in [0, 0.05) is 17.7 Å². The van der Waals surface area contributed by atoms with E-state index in [1.807, 2.05) is 64.1 Å². The monoisotopic (exact) mass is 453 g/mol. The van der Waals surface area contributed by atoms with Crippen molar-refractivity contribution in [2.75, 3.05) is 6.61 Å². The normalized spacial score (nSPS) is 31.2. The van der Waals surface area contributed by atoms with Crippen LogP contribution in [0.15, 0.2) is 60.4 Å². The van der Waals surface area contributed by atoms with Crippen LogP contribution in [0.4, 0.5) is 5.69 Å². The summed E-state index contributed by atoms with van der Waals surface area (Å²) in [5.41, 5.74) is 2.27. The van der Waals surface area contributed by atoms with Crippen molar-refractivity contribution >= 4 is 11.3 Å². The molecule has 0 aromatic heterocycles. The van der Waals surface area contributed by atoms with Gasteiger partial charge >= 0.3 is 0 Å². The molecule has 8 heteroatoms. The number of nitro groups is 1. The summed E-state index contributed by atoms with van der Waals surface area (Å²) in [5, 5.41) is 11.5. The zero-order valence-electron chi connectivity index (χ0n) is 19.0. The quantitative estimate of drug-likeness (QED) is 0.500. The molecule has 0 saturated carbocycles. The zero-order chi connectivity index (χ0) is 23.4. The maximum atomic E-state index is 11.5. The van der Waals surface area contributed by atoms with E-state index in [1.165, 1.54) is 6.07 Å². The maximum absolute atomic E-state index is 11.5. The highest BCUT2D eigenvalue weighted by Gasteiger charge is 2.58. The molecule has 0 bridgehead atoms. The van der Waals surface area contributed by atoms with Gasteiger partial charge in [0.05, 0.1) is 11.5 Å². The van der Waals surface area contributed by atoms with Crippen molar-refractivity contribution in [3.8, 4) is 0 Å². The highest BCUT2D eigenvalue weighted by atomic mass is 16.8. The lowest BCUT2D eigenvalue weighted by atomic mass is 9.94. The number of benzene rings is 2. The van der Waals surface area contributed by atoms with Crippen molar-refractivity contribution < 1.29 is 28.6 Å². The molecule has 174 valence electrons. The molecule has 3 saturated heterocycles. The van der Waals surface area contributed by atoms with Crippen LogP contribution in [0.25, 0.3) is 5.57 Å². The Bertz CT molecular complexity index is 1090. The molecule has 0 spiro atoms. The maximum Gasteiger partial charge on any atom is 0.270 e. The molecule has 8 nitrogen and oxygen atoms in total. The Morgan fingerprint density at radius 3 is 2.30 bits per heavy atom. The topological polar surface area (TPSA) is 89.3 Å². The molecule has 4 atom stereocenters. The minimum absolute atomic E-state index is 0.00539. The summed E-state index contributed by atoms with van der Waals surface area (Å²) in [4.78, 5) is 11.1. The van der Waals surface area contributed by atoms with Crippen LogP contribution in [0.1, 0.15) is 38.8 Å². The van der Waals surface area contributed by atoms with Gasteiger partial charge in [-0.05, 0) is 38.8 Å². The minimum atomic E-state index is -0.817. The summed E-state index contributed by atoms with van der Waals surface area (Å²) in [7, 11) is 0. The highest BCUT2D eigenvalue weighted by molar-refractivity contribution is 5.83. The number of fused-ring (bicyclic) bond motifs is 1. The number of non-ortho nitro benzene ring substituents is 1. The Balaban J connectivity index is 1.65. The zero-order valence-corrected chi connectivity index (χ0v) is 19.0. The van der Waals surface area contributed by atoms with Gasteiger partial charge in [-0.3, -0.25) is 10.1 Å². The molecule has 33 heavy (non-hydrogen) atoms. The summed E-state index contributed by atoms with van der Waals surface area (Å²) < 4.78 is 31.0. The van der Waals surface area contributed by atoms with Gasteiger partial charge in [-0.15, -0.1) is 0 Å². The van der Waals surface area contributed by atoms with E-state index in [2.05, 4.69) is 0 Å². The number of hydrogen-bond donors (Lipinski definition) is 0. The van der Waals surface area contributed by atoms with Crippen LogP contribution < -0.4 is 0 Å². The van der Waals surface area contributed by atoms with Crippen molar-refractivity contribution in [3.63, 3.8) is 0 Å². The van der Waals surface area contributed by atoms with Gasteiger partial charge in [-0.2, -0.15) is 0 Å². The van der Waals surface area contributed by atoms with Crippen molar-refractivity contribution in [1.29, 1.82) is 0 Å². The second-order valence-electron chi connectivity index (χ2n) is 9.38. The van der Waals surface area contributed by atoms with E-state index in [4.69, 9.17) is 23.7 Å². The lowest BCUT2D eigenvalue weighted by Gasteiger charge is -2.26. The van der Waals surface area contributed by atoms with E-state index in [-0.39, 0.29) is 11.8 Å². The average molecular weight is 453 g/mol. The van der Waals surface area contributed by atoms with Crippen LogP contribution in [0.3, 0.4) is 0 Å². The fraction of sp³-hybridized carbons (Fsp3) is 0.440. The van der Waals surface area contributed by atoms with E-state index < -0.39 is 34.8 Å². The first-order valence-electron chi connectivity index (χ1n) is 11.0. The fourth-order valence-corrected chi connectivity index (χ4v) is 4.71. The average Bonchev–Trinajstić information content (AvgIpc) is 3.39. The van der Waals surface area contributed by atoms with Gasteiger partial charge in [-0.25, -0.2) is 0 Å². The second-order valence-corrected chi connectivity index (χ2v) is 9.38. The first-order valence-corrected chi connectivity index (χ1v) is 11.0. The number of nitrogens with zero attached hydrogens (tertiary/aromatic N) is 1. The third-order valence-corrected chi connectivity index (χ3v) is 6.03. The molecule has 3 aliphatic heterocycles. The van der Waals surface area contributed by atoms with Crippen LogP contribution in [0.5, 0.6) is 0 Å². The van der Waals surface area contributed by atoms with E-state index in [9.17, 15) is 10.1 Å². The minimum Gasteiger partial charge on any atom is -0.486 e. The third-order valence-electron chi connectivity index (χ3n) is 6.03. The van der Waals surface area contributed by atoms with Crippen molar-refractivity contribution in [3.05, 3.63) is 81.6 Å². The summed E-state index contributed by atoms with van der Waals surface area (Å²) in [6.07, 6.45) is -1.70. The Labute approximate surface area is 192 Å². The van der Waals surface area contributed by atoms with Gasteiger partial charge in [0.1, 0.15) is 24.1 Å². The van der Waals surface area contributed by atoms with Gasteiger partial charge in [0.15, 0.2) is 17.7 Å². The molecule has 0 amide bonds. The van der Waals surface area contributed by atoms with Gasteiger partial charge < -0.3 is 23.7 Å². The van der Waals surface area contributed by atoms with E-state index >= 15 is 0 Å². The highest BCUT2D eigenvalue weighted by Crippen LogP contribution is 2.47. The summed E-state index contributed by atoms with van der Waals surface area (Å²) in [6.45, 7) is 7.83. The molecule has 3 heterocycles. The van der Waals surface area contributed by atoms with Gasteiger partial charge in [-0.1, -0.05) is 42.5 Å².